The lowest BCUT2D eigenvalue weighted by molar-refractivity contribution is 0.0996. The minimum Gasteiger partial charge on any atom is -0.366 e. The number of aryl methyl sites for hydroxylation is 1. The van der Waals surface area contributed by atoms with Gasteiger partial charge in [-0.15, -0.1) is 0 Å². The second-order valence-corrected chi connectivity index (χ2v) is 4.74. The summed E-state index contributed by atoms with van der Waals surface area (Å²) < 4.78 is 0. The average Bonchev–Trinajstić information content (AvgIpc) is 2.41. The van der Waals surface area contributed by atoms with Gasteiger partial charge in [-0.05, 0) is 36.8 Å². The third-order valence-electron chi connectivity index (χ3n) is 2.88. The quantitative estimate of drug-likeness (QED) is 0.911. The number of hydrogen-bond acceptors (Lipinski definition) is 2. The van der Waals surface area contributed by atoms with E-state index in [0.717, 1.165) is 5.56 Å². The van der Waals surface area contributed by atoms with E-state index < -0.39 is 5.91 Å². The number of benzene rings is 2. The van der Waals surface area contributed by atoms with E-state index in [9.17, 15) is 9.59 Å². The van der Waals surface area contributed by atoms with Crippen molar-refractivity contribution in [3.8, 4) is 0 Å². The average molecular weight is 289 g/mol. The van der Waals surface area contributed by atoms with E-state index in [1.54, 1.807) is 18.2 Å². The van der Waals surface area contributed by atoms with Gasteiger partial charge < -0.3 is 11.1 Å². The lowest BCUT2D eigenvalue weighted by Gasteiger charge is -2.09. The largest absolute Gasteiger partial charge is 0.366 e. The van der Waals surface area contributed by atoms with Crippen LogP contribution in [0.15, 0.2) is 42.5 Å². The summed E-state index contributed by atoms with van der Waals surface area (Å²) in [4.78, 5) is 23.3. The van der Waals surface area contributed by atoms with Crippen LogP contribution in [0.1, 0.15) is 26.3 Å². The molecule has 0 radical (unpaired) electrons. The summed E-state index contributed by atoms with van der Waals surface area (Å²) >= 11 is 5.86. The van der Waals surface area contributed by atoms with Gasteiger partial charge in [-0.2, -0.15) is 0 Å². The highest BCUT2D eigenvalue weighted by atomic mass is 35.5. The molecule has 2 rings (SSSR count). The maximum atomic E-state index is 12.1. The Labute approximate surface area is 121 Å². The summed E-state index contributed by atoms with van der Waals surface area (Å²) in [6.45, 7) is 1.85. The first-order valence-electron chi connectivity index (χ1n) is 5.95. The molecule has 0 aliphatic heterocycles. The molecule has 20 heavy (non-hydrogen) atoms. The molecule has 2 aromatic rings. The molecule has 3 N–H and O–H groups in total. The number of nitrogens with one attached hydrogen (secondary N) is 1. The molecule has 0 saturated heterocycles. The maximum absolute atomic E-state index is 12.1. The minimum atomic E-state index is -0.637. The molecule has 102 valence electrons. The predicted octanol–water partition coefficient (Wildman–Crippen LogP) is 3.00. The molecule has 2 aromatic carbocycles. The fourth-order valence-corrected chi connectivity index (χ4v) is 2.03. The second-order valence-electron chi connectivity index (χ2n) is 4.33. The zero-order valence-electron chi connectivity index (χ0n) is 10.8. The number of hydrogen-bond donors (Lipinski definition) is 2. The number of primary amides is 1. The Morgan fingerprint density at radius 1 is 1.10 bits per heavy atom. The van der Waals surface area contributed by atoms with Gasteiger partial charge >= 0.3 is 0 Å². The molecule has 0 aromatic heterocycles. The highest BCUT2D eigenvalue weighted by molar-refractivity contribution is 6.34. The van der Waals surface area contributed by atoms with Crippen molar-refractivity contribution in [3.05, 3.63) is 64.2 Å². The zero-order valence-corrected chi connectivity index (χ0v) is 11.6. The van der Waals surface area contributed by atoms with Crippen molar-refractivity contribution in [2.75, 3.05) is 5.32 Å². The van der Waals surface area contributed by atoms with Crippen molar-refractivity contribution >= 4 is 29.1 Å². The van der Waals surface area contributed by atoms with E-state index in [1.165, 1.54) is 12.1 Å². The third-order valence-corrected chi connectivity index (χ3v) is 3.21. The van der Waals surface area contributed by atoms with E-state index in [2.05, 4.69) is 5.32 Å². The minimum absolute atomic E-state index is 0.175. The molecule has 0 saturated carbocycles. The molecule has 2 amide bonds. The Kier molecular flexibility index (Phi) is 4.05. The van der Waals surface area contributed by atoms with Crippen LogP contribution in [-0.2, 0) is 0 Å². The second kappa shape index (κ2) is 5.75. The molecular weight excluding hydrogens is 276 g/mol. The summed E-state index contributed by atoms with van der Waals surface area (Å²) in [5.74, 6) is -0.886. The summed E-state index contributed by atoms with van der Waals surface area (Å²) in [5.41, 5.74) is 7.30. The number of amides is 2. The van der Waals surface area contributed by atoms with Gasteiger partial charge in [0.05, 0.1) is 10.6 Å². The molecule has 0 spiro atoms. The van der Waals surface area contributed by atoms with E-state index >= 15 is 0 Å². The van der Waals surface area contributed by atoms with Crippen molar-refractivity contribution in [2.45, 2.75) is 6.92 Å². The number of carbonyl (C=O) groups excluding carboxylic acids is 2. The lowest BCUT2D eigenvalue weighted by atomic mass is 10.1. The summed E-state index contributed by atoms with van der Waals surface area (Å²) in [7, 11) is 0. The topological polar surface area (TPSA) is 72.2 Å². The van der Waals surface area contributed by atoms with Crippen LogP contribution in [0.3, 0.4) is 0 Å². The molecule has 0 heterocycles. The number of anilines is 1. The van der Waals surface area contributed by atoms with Crippen molar-refractivity contribution < 1.29 is 9.59 Å². The highest BCUT2D eigenvalue weighted by Crippen LogP contribution is 2.21. The zero-order chi connectivity index (χ0) is 14.7. The Balaban J connectivity index is 2.27. The predicted molar refractivity (Wildman–Crippen MR) is 79.1 cm³/mol. The van der Waals surface area contributed by atoms with Gasteiger partial charge in [-0.3, -0.25) is 9.59 Å². The van der Waals surface area contributed by atoms with Gasteiger partial charge in [-0.1, -0.05) is 29.8 Å². The van der Waals surface area contributed by atoms with Crippen LogP contribution in [0.25, 0.3) is 0 Å². The van der Waals surface area contributed by atoms with Crippen molar-refractivity contribution in [1.82, 2.24) is 0 Å². The Morgan fingerprint density at radius 2 is 1.80 bits per heavy atom. The van der Waals surface area contributed by atoms with Gasteiger partial charge in [0.15, 0.2) is 0 Å². The van der Waals surface area contributed by atoms with E-state index in [0.29, 0.717) is 11.3 Å². The summed E-state index contributed by atoms with van der Waals surface area (Å²) in [5, 5.41) is 2.97. The number of nitrogens with two attached hydrogens (primary N) is 1. The molecule has 0 fully saturated rings. The van der Waals surface area contributed by atoms with E-state index in [4.69, 9.17) is 17.3 Å². The Hall–Kier alpha value is -2.33. The Bertz CT molecular complexity index is 683. The van der Waals surface area contributed by atoms with Crippen LogP contribution in [0.5, 0.6) is 0 Å². The van der Waals surface area contributed by atoms with E-state index in [-0.39, 0.29) is 16.5 Å². The summed E-state index contributed by atoms with van der Waals surface area (Å²) in [6.07, 6.45) is 0. The lowest BCUT2D eigenvalue weighted by Crippen LogP contribution is -2.15. The first kappa shape index (κ1) is 14.1. The van der Waals surface area contributed by atoms with Gasteiger partial charge in [0.1, 0.15) is 0 Å². The molecule has 0 bridgehead atoms. The third kappa shape index (κ3) is 2.97. The first-order valence-corrected chi connectivity index (χ1v) is 6.33. The highest BCUT2D eigenvalue weighted by Gasteiger charge is 2.11. The van der Waals surface area contributed by atoms with E-state index in [1.807, 2.05) is 19.1 Å². The van der Waals surface area contributed by atoms with Gasteiger partial charge in [-0.25, -0.2) is 0 Å². The van der Waals surface area contributed by atoms with Crippen LogP contribution < -0.4 is 11.1 Å². The van der Waals surface area contributed by atoms with Crippen LogP contribution in [-0.4, -0.2) is 11.8 Å². The maximum Gasteiger partial charge on any atom is 0.255 e. The number of carbonyl (C=O) groups is 2. The summed E-state index contributed by atoms with van der Waals surface area (Å²) in [6, 6.07) is 11.8. The van der Waals surface area contributed by atoms with Crippen molar-refractivity contribution in [1.29, 1.82) is 0 Å². The normalized spacial score (nSPS) is 10.1. The fourth-order valence-electron chi connectivity index (χ4n) is 1.82. The first-order chi connectivity index (χ1) is 9.49. The monoisotopic (exact) mass is 288 g/mol. The SMILES string of the molecule is Cc1ccccc1C(=O)Nc1ccc(Cl)c(C(N)=O)c1. The molecule has 4 nitrogen and oxygen atoms in total. The fraction of sp³-hybridized carbons (Fsp3) is 0.0667. The molecule has 0 atom stereocenters. The van der Waals surface area contributed by atoms with Crippen molar-refractivity contribution in [2.24, 2.45) is 5.73 Å². The van der Waals surface area contributed by atoms with Gasteiger partial charge in [0.2, 0.25) is 5.91 Å². The number of halogens is 1. The van der Waals surface area contributed by atoms with Gasteiger partial charge in [0.25, 0.3) is 5.91 Å². The van der Waals surface area contributed by atoms with Crippen LogP contribution >= 0.6 is 11.6 Å². The smallest absolute Gasteiger partial charge is 0.255 e. The molecule has 0 unspecified atom stereocenters. The molecule has 0 aliphatic rings. The standard InChI is InChI=1S/C15H13ClN2O2/c1-9-4-2-3-5-11(9)15(20)18-10-6-7-13(16)12(8-10)14(17)19/h2-8H,1H3,(H2,17,19)(H,18,20). The van der Waals surface area contributed by atoms with Crippen LogP contribution in [0.2, 0.25) is 5.02 Å². The Morgan fingerprint density at radius 3 is 2.45 bits per heavy atom. The van der Waals surface area contributed by atoms with Gasteiger partial charge in [0, 0.05) is 11.3 Å². The number of rotatable bonds is 3. The van der Waals surface area contributed by atoms with Crippen LogP contribution in [0.4, 0.5) is 5.69 Å². The molecular formula is C15H13ClN2O2. The molecule has 5 heteroatoms. The van der Waals surface area contributed by atoms with Crippen molar-refractivity contribution in [3.63, 3.8) is 0 Å². The van der Waals surface area contributed by atoms with Crippen LogP contribution in [0, 0.1) is 6.92 Å². The molecule has 0 aliphatic carbocycles.